The zero-order valence-electron chi connectivity index (χ0n) is 15.3. The Kier molecular flexibility index (Phi) is 3.24. The van der Waals surface area contributed by atoms with Crippen molar-refractivity contribution >= 4 is 43.1 Å². The minimum Gasteiger partial charge on any atom is -0.256 e. The van der Waals surface area contributed by atoms with Crippen molar-refractivity contribution in [1.29, 1.82) is 0 Å². The zero-order valence-corrected chi connectivity index (χ0v) is 15.3. The second-order valence-corrected chi connectivity index (χ2v) is 7.23. The van der Waals surface area contributed by atoms with Crippen molar-refractivity contribution in [3.63, 3.8) is 0 Å². The van der Waals surface area contributed by atoms with Crippen LogP contribution in [-0.4, -0.2) is 4.98 Å². The monoisotopic (exact) mass is 355 g/mol. The van der Waals surface area contributed by atoms with E-state index in [0.29, 0.717) is 0 Å². The molecule has 0 aliphatic carbocycles. The van der Waals surface area contributed by atoms with Crippen LogP contribution in [0.2, 0.25) is 0 Å². The van der Waals surface area contributed by atoms with Crippen molar-refractivity contribution in [2.75, 3.05) is 0 Å². The lowest BCUT2D eigenvalue weighted by Crippen LogP contribution is -1.88. The smallest absolute Gasteiger partial charge is 0.0780 e. The second kappa shape index (κ2) is 5.90. The number of hydrogen-bond donors (Lipinski definition) is 0. The Morgan fingerprint density at radius 2 is 0.964 bits per heavy atom. The number of hydrogen-bond acceptors (Lipinski definition) is 1. The fourth-order valence-corrected chi connectivity index (χ4v) is 4.40. The van der Waals surface area contributed by atoms with Gasteiger partial charge in [0, 0.05) is 17.1 Å². The lowest BCUT2D eigenvalue weighted by Gasteiger charge is -2.12. The first kappa shape index (κ1) is 15.4. The largest absolute Gasteiger partial charge is 0.256 e. The second-order valence-electron chi connectivity index (χ2n) is 7.23. The summed E-state index contributed by atoms with van der Waals surface area (Å²) in [6, 6.07) is 34.7. The van der Waals surface area contributed by atoms with Crippen molar-refractivity contribution in [3.8, 4) is 11.3 Å². The molecule has 0 radical (unpaired) electrons. The third-order valence-electron chi connectivity index (χ3n) is 5.69. The summed E-state index contributed by atoms with van der Waals surface area (Å²) in [7, 11) is 0. The molecule has 1 aromatic heterocycles. The number of pyridine rings is 1. The predicted octanol–water partition coefficient (Wildman–Crippen LogP) is 7.36. The van der Waals surface area contributed by atoms with E-state index in [9.17, 15) is 0 Å². The molecule has 0 atom stereocenters. The van der Waals surface area contributed by atoms with Crippen LogP contribution in [0.15, 0.2) is 103 Å². The number of aromatic nitrogens is 1. The number of nitrogens with zero attached hydrogens (tertiary/aromatic N) is 1. The summed E-state index contributed by atoms with van der Waals surface area (Å²) in [6.07, 6.45) is 1.90. The van der Waals surface area contributed by atoms with Crippen molar-refractivity contribution in [1.82, 2.24) is 4.98 Å². The Balaban J connectivity index is 1.76. The van der Waals surface area contributed by atoms with E-state index in [4.69, 9.17) is 4.98 Å². The highest BCUT2D eigenvalue weighted by atomic mass is 14.7. The van der Waals surface area contributed by atoms with Crippen LogP contribution in [0.4, 0.5) is 0 Å². The van der Waals surface area contributed by atoms with E-state index in [1.165, 1.54) is 43.1 Å². The lowest BCUT2D eigenvalue weighted by atomic mass is 9.92. The molecule has 5 aromatic carbocycles. The molecule has 0 spiro atoms. The van der Waals surface area contributed by atoms with Crippen LogP contribution < -0.4 is 0 Å². The van der Waals surface area contributed by atoms with Crippen molar-refractivity contribution < 1.29 is 0 Å². The molecule has 0 amide bonds. The summed E-state index contributed by atoms with van der Waals surface area (Å²) in [5.41, 5.74) is 2.20. The number of rotatable bonds is 1. The van der Waals surface area contributed by atoms with Gasteiger partial charge in [0.15, 0.2) is 0 Å². The van der Waals surface area contributed by atoms with Crippen LogP contribution in [0.1, 0.15) is 0 Å². The molecule has 0 saturated carbocycles. The van der Waals surface area contributed by atoms with Crippen molar-refractivity contribution in [2.24, 2.45) is 0 Å². The molecular weight excluding hydrogens is 338 g/mol. The molecule has 28 heavy (non-hydrogen) atoms. The Labute approximate surface area is 162 Å². The Hall–Kier alpha value is -3.71. The third kappa shape index (κ3) is 2.17. The first-order valence-electron chi connectivity index (χ1n) is 9.57. The molecule has 0 aliphatic rings. The molecule has 0 bridgehead atoms. The van der Waals surface area contributed by atoms with Crippen molar-refractivity contribution in [3.05, 3.63) is 103 Å². The van der Waals surface area contributed by atoms with E-state index >= 15 is 0 Å². The van der Waals surface area contributed by atoms with E-state index < -0.39 is 0 Å². The summed E-state index contributed by atoms with van der Waals surface area (Å²) in [5.74, 6) is 0. The fraction of sp³-hybridized carbons (Fsp3) is 0. The van der Waals surface area contributed by atoms with E-state index in [1.54, 1.807) is 0 Å². The van der Waals surface area contributed by atoms with Gasteiger partial charge in [-0.1, -0.05) is 84.9 Å². The highest BCUT2D eigenvalue weighted by Crippen LogP contribution is 2.37. The first-order valence-corrected chi connectivity index (χ1v) is 9.57. The first-order chi connectivity index (χ1) is 13.9. The molecule has 0 unspecified atom stereocenters. The molecule has 0 aliphatic heterocycles. The molecule has 1 heteroatoms. The summed E-state index contributed by atoms with van der Waals surface area (Å²) >= 11 is 0. The van der Waals surface area contributed by atoms with Crippen LogP contribution in [0.3, 0.4) is 0 Å². The van der Waals surface area contributed by atoms with Gasteiger partial charge in [-0.3, -0.25) is 4.98 Å². The molecule has 6 aromatic rings. The van der Waals surface area contributed by atoms with Gasteiger partial charge in [0.2, 0.25) is 0 Å². The van der Waals surface area contributed by atoms with Crippen LogP contribution in [-0.2, 0) is 0 Å². The van der Waals surface area contributed by atoms with Crippen molar-refractivity contribution in [2.45, 2.75) is 0 Å². The van der Waals surface area contributed by atoms with Gasteiger partial charge in [-0.05, 0) is 49.8 Å². The van der Waals surface area contributed by atoms with Crippen LogP contribution in [0.5, 0.6) is 0 Å². The van der Waals surface area contributed by atoms with Gasteiger partial charge in [-0.2, -0.15) is 0 Å². The molecular formula is C27H17N. The van der Waals surface area contributed by atoms with Crippen LogP contribution >= 0.6 is 0 Å². The van der Waals surface area contributed by atoms with Gasteiger partial charge in [0.05, 0.1) is 5.69 Å². The highest BCUT2D eigenvalue weighted by molar-refractivity contribution is 6.25. The summed E-state index contributed by atoms with van der Waals surface area (Å²) in [4.78, 5) is 4.73. The molecule has 0 saturated heterocycles. The van der Waals surface area contributed by atoms with Gasteiger partial charge in [0.25, 0.3) is 0 Å². The summed E-state index contributed by atoms with van der Waals surface area (Å²) in [5, 5.41) is 10.2. The maximum atomic E-state index is 4.73. The lowest BCUT2D eigenvalue weighted by molar-refractivity contribution is 1.36. The van der Waals surface area contributed by atoms with Gasteiger partial charge in [-0.25, -0.2) is 0 Å². The molecule has 0 N–H and O–H groups in total. The van der Waals surface area contributed by atoms with E-state index in [-0.39, 0.29) is 0 Å². The quantitative estimate of drug-likeness (QED) is 0.281. The topological polar surface area (TPSA) is 12.9 Å². The fourth-order valence-electron chi connectivity index (χ4n) is 4.40. The molecule has 6 rings (SSSR count). The van der Waals surface area contributed by atoms with E-state index in [0.717, 1.165) is 11.3 Å². The summed E-state index contributed by atoms with van der Waals surface area (Å²) < 4.78 is 0. The predicted molar refractivity (Wildman–Crippen MR) is 120 cm³/mol. The summed E-state index contributed by atoms with van der Waals surface area (Å²) in [6.45, 7) is 0. The maximum absolute atomic E-state index is 4.73. The van der Waals surface area contributed by atoms with Gasteiger partial charge in [-0.15, -0.1) is 0 Å². The van der Waals surface area contributed by atoms with Crippen LogP contribution in [0.25, 0.3) is 54.3 Å². The minimum atomic E-state index is 1.04. The maximum Gasteiger partial charge on any atom is 0.0780 e. The third-order valence-corrected chi connectivity index (χ3v) is 5.69. The Morgan fingerprint density at radius 3 is 1.64 bits per heavy atom. The SMILES string of the molecule is c1ccc2c(-c3ccc4c5ccccc5c5ccccc5c4c3)nccc2c1. The standard InChI is InChI=1S/C27H17N/c1-2-8-20-18(7-1)15-16-28-27(20)19-13-14-25-23-11-4-3-9-21(23)22-10-5-6-12-24(22)26(25)17-19/h1-17H. The molecule has 130 valence electrons. The van der Waals surface area contributed by atoms with E-state index in [1.807, 2.05) is 6.20 Å². The molecule has 1 heterocycles. The molecule has 0 fully saturated rings. The Bertz CT molecular complexity index is 1470. The minimum absolute atomic E-state index is 1.04. The highest BCUT2D eigenvalue weighted by Gasteiger charge is 2.11. The average Bonchev–Trinajstić information content (AvgIpc) is 2.78. The molecule has 1 nitrogen and oxygen atoms in total. The number of benzene rings is 5. The van der Waals surface area contributed by atoms with Gasteiger partial charge < -0.3 is 0 Å². The normalized spacial score (nSPS) is 11.6. The van der Waals surface area contributed by atoms with Crippen LogP contribution in [0, 0.1) is 0 Å². The Morgan fingerprint density at radius 1 is 0.429 bits per heavy atom. The number of fused-ring (bicyclic) bond motifs is 7. The average molecular weight is 355 g/mol. The van der Waals surface area contributed by atoms with Gasteiger partial charge in [0.1, 0.15) is 0 Å². The van der Waals surface area contributed by atoms with Gasteiger partial charge >= 0.3 is 0 Å². The van der Waals surface area contributed by atoms with E-state index in [2.05, 4.69) is 97.1 Å². The zero-order chi connectivity index (χ0) is 18.5.